The molecule has 4 nitrogen and oxygen atoms in total. The molecule has 1 atom stereocenters. The molecule has 0 saturated heterocycles. The molecule has 0 unspecified atom stereocenters. The van der Waals surface area contributed by atoms with Crippen LogP contribution in [-0.4, -0.2) is 15.7 Å². The molecule has 0 spiro atoms. The van der Waals surface area contributed by atoms with Crippen molar-refractivity contribution in [1.29, 1.82) is 0 Å². The van der Waals surface area contributed by atoms with Crippen LogP contribution in [0, 0.1) is 13.8 Å². The summed E-state index contributed by atoms with van der Waals surface area (Å²) in [7, 11) is 0. The van der Waals surface area contributed by atoms with Gasteiger partial charge in [0.05, 0.1) is 11.7 Å². The molecule has 0 saturated carbocycles. The number of nitrogens with one attached hydrogen (secondary N) is 1. The molecule has 0 bridgehead atoms. The Morgan fingerprint density at radius 2 is 2.15 bits per heavy atom. The predicted molar refractivity (Wildman–Crippen MR) is 83.8 cm³/mol. The van der Waals surface area contributed by atoms with Gasteiger partial charge < -0.3 is 5.32 Å². The molecular weight excluding hydrogens is 318 g/mol. The van der Waals surface area contributed by atoms with Gasteiger partial charge in [-0.1, -0.05) is 22.0 Å². The largest absolute Gasteiger partial charge is 0.326 e. The fraction of sp³-hybridized carbons (Fsp3) is 0.333. The van der Waals surface area contributed by atoms with E-state index in [0.29, 0.717) is 6.42 Å². The maximum absolute atomic E-state index is 12.1. The minimum Gasteiger partial charge on any atom is -0.326 e. The number of amides is 1. The Kier molecular flexibility index (Phi) is 4.60. The third-order valence-corrected chi connectivity index (χ3v) is 3.54. The second-order valence-corrected chi connectivity index (χ2v) is 5.90. The molecule has 0 aliphatic carbocycles. The average molecular weight is 336 g/mol. The molecule has 1 N–H and O–H groups in total. The molecule has 0 aliphatic heterocycles. The van der Waals surface area contributed by atoms with Gasteiger partial charge in [-0.3, -0.25) is 9.48 Å². The lowest BCUT2D eigenvalue weighted by Gasteiger charge is -2.14. The highest BCUT2D eigenvalue weighted by molar-refractivity contribution is 9.10. The van der Waals surface area contributed by atoms with Crippen molar-refractivity contribution in [3.8, 4) is 0 Å². The monoisotopic (exact) mass is 335 g/mol. The fourth-order valence-corrected chi connectivity index (χ4v) is 2.62. The number of carbonyl (C=O) groups excluding carboxylic acids is 1. The summed E-state index contributed by atoms with van der Waals surface area (Å²) in [5, 5.41) is 7.31. The first-order chi connectivity index (χ1) is 9.45. The van der Waals surface area contributed by atoms with E-state index in [4.69, 9.17) is 0 Å². The maximum atomic E-state index is 12.1. The molecule has 5 heteroatoms. The second-order valence-electron chi connectivity index (χ2n) is 4.98. The number of carbonyl (C=O) groups is 1. The highest BCUT2D eigenvalue weighted by Gasteiger charge is 2.14. The lowest BCUT2D eigenvalue weighted by Crippen LogP contribution is -2.19. The van der Waals surface area contributed by atoms with Crippen molar-refractivity contribution in [3.05, 3.63) is 46.2 Å². The lowest BCUT2D eigenvalue weighted by atomic mass is 10.2. The van der Waals surface area contributed by atoms with Crippen molar-refractivity contribution < 1.29 is 4.79 Å². The minimum atomic E-state index is -0.0110. The average Bonchev–Trinajstić information content (AvgIpc) is 2.68. The van der Waals surface area contributed by atoms with Crippen LogP contribution in [0.3, 0.4) is 0 Å². The molecule has 1 heterocycles. The fourth-order valence-electron chi connectivity index (χ4n) is 2.23. The number of aryl methyl sites for hydroxylation is 2. The van der Waals surface area contributed by atoms with Crippen LogP contribution in [0.5, 0.6) is 0 Å². The molecule has 20 heavy (non-hydrogen) atoms. The molecular formula is C15H18BrN3O. The zero-order valence-electron chi connectivity index (χ0n) is 11.9. The van der Waals surface area contributed by atoms with E-state index in [9.17, 15) is 4.79 Å². The third kappa shape index (κ3) is 3.70. The van der Waals surface area contributed by atoms with Crippen molar-refractivity contribution >= 4 is 27.5 Å². The quantitative estimate of drug-likeness (QED) is 0.922. The number of rotatable bonds is 4. The summed E-state index contributed by atoms with van der Waals surface area (Å²) in [6, 6.07) is 9.62. The summed E-state index contributed by atoms with van der Waals surface area (Å²) in [4.78, 5) is 12.1. The van der Waals surface area contributed by atoms with Gasteiger partial charge in [0.1, 0.15) is 0 Å². The first-order valence-electron chi connectivity index (χ1n) is 6.54. The Bertz CT molecular complexity index is 621. The summed E-state index contributed by atoms with van der Waals surface area (Å²) in [5.74, 6) is -0.0110. The van der Waals surface area contributed by atoms with Gasteiger partial charge >= 0.3 is 0 Å². The molecule has 2 rings (SSSR count). The van der Waals surface area contributed by atoms with E-state index in [2.05, 4.69) is 26.3 Å². The van der Waals surface area contributed by atoms with Gasteiger partial charge in [0.15, 0.2) is 0 Å². The number of anilines is 1. The van der Waals surface area contributed by atoms with E-state index in [-0.39, 0.29) is 11.9 Å². The van der Waals surface area contributed by atoms with Gasteiger partial charge in [-0.25, -0.2) is 0 Å². The Hall–Kier alpha value is -1.62. The van der Waals surface area contributed by atoms with Crippen LogP contribution in [0.25, 0.3) is 0 Å². The summed E-state index contributed by atoms with van der Waals surface area (Å²) < 4.78 is 2.84. The Morgan fingerprint density at radius 1 is 1.40 bits per heavy atom. The van der Waals surface area contributed by atoms with Gasteiger partial charge in [-0.05, 0) is 45.0 Å². The van der Waals surface area contributed by atoms with E-state index >= 15 is 0 Å². The Labute approximate surface area is 127 Å². The van der Waals surface area contributed by atoms with Gasteiger partial charge in [0.25, 0.3) is 0 Å². The molecule has 1 aromatic heterocycles. The van der Waals surface area contributed by atoms with Crippen molar-refractivity contribution in [3.63, 3.8) is 0 Å². The SMILES string of the molecule is Cc1cc(C)n([C@@H](C)CC(=O)Nc2cccc(Br)c2)n1. The zero-order chi connectivity index (χ0) is 14.7. The number of hydrogen-bond donors (Lipinski definition) is 1. The highest BCUT2D eigenvalue weighted by Crippen LogP contribution is 2.18. The van der Waals surface area contributed by atoms with E-state index in [1.165, 1.54) is 0 Å². The first-order valence-corrected chi connectivity index (χ1v) is 7.33. The van der Waals surface area contributed by atoms with E-state index in [1.54, 1.807) is 0 Å². The van der Waals surface area contributed by atoms with Crippen molar-refractivity contribution in [2.24, 2.45) is 0 Å². The summed E-state index contributed by atoms with van der Waals surface area (Å²) >= 11 is 3.39. The van der Waals surface area contributed by atoms with Crippen LogP contribution in [0.2, 0.25) is 0 Å². The van der Waals surface area contributed by atoms with Crippen LogP contribution in [-0.2, 0) is 4.79 Å². The molecule has 1 amide bonds. The smallest absolute Gasteiger partial charge is 0.226 e. The third-order valence-electron chi connectivity index (χ3n) is 3.05. The summed E-state index contributed by atoms with van der Waals surface area (Å²) in [6.45, 7) is 5.96. The molecule has 1 aromatic carbocycles. The number of benzene rings is 1. The highest BCUT2D eigenvalue weighted by atomic mass is 79.9. The van der Waals surface area contributed by atoms with Crippen molar-refractivity contribution in [2.75, 3.05) is 5.32 Å². The van der Waals surface area contributed by atoms with Crippen LogP contribution in [0.1, 0.15) is 30.8 Å². The molecule has 106 valence electrons. The zero-order valence-corrected chi connectivity index (χ0v) is 13.4. The normalized spacial score (nSPS) is 12.2. The minimum absolute atomic E-state index is 0.0110. The van der Waals surface area contributed by atoms with E-state index < -0.39 is 0 Å². The summed E-state index contributed by atoms with van der Waals surface area (Å²) in [6.07, 6.45) is 0.397. The summed E-state index contributed by atoms with van der Waals surface area (Å²) in [5.41, 5.74) is 2.84. The molecule has 0 fully saturated rings. The second kappa shape index (κ2) is 6.22. The lowest BCUT2D eigenvalue weighted by molar-refractivity contribution is -0.116. The Balaban J connectivity index is 1.99. The number of halogens is 1. The van der Waals surface area contributed by atoms with Crippen LogP contribution in [0.15, 0.2) is 34.8 Å². The van der Waals surface area contributed by atoms with Crippen LogP contribution in [0.4, 0.5) is 5.69 Å². The first kappa shape index (κ1) is 14.8. The van der Waals surface area contributed by atoms with Gasteiger partial charge in [0, 0.05) is 22.3 Å². The van der Waals surface area contributed by atoms with Gasteiger partial charge in [-0.2, -0.15) is 5.10 Å². The standard InChI is InChI=1S/C15H18BrN3O/c1-10-7-11(2)19(18-10)12(3)8-15(20)17-14-6-4-5-13(16)9-14/h4-7,9,12H,8H2,1-3H3,(H,17,20)/t12-/m0/s1. The van der Waals surface area contributed by atoms with Crippen LogP contribution >= 0.6 is 15.9 Å². The van der Waals surface area contributed by atoms with E-state index in [0.717, 1.165) is 21.5 Å². The molecule has 2 aromatic rings. The number of nitrogens with zero attached hydrogens (tertiary/aromatic N) is 2. The molecule has 0 aliphatic rings. The van der Waals surface area contributed by atoms with Crippen LogP contribution < -0.4 is 5.32 Å². The van der Waals surface area contributed by atoms with Crippen molar-refractivity contribution in [1.82, 2.24) is 9.78 Å². The Morgan fingerprint density at radius 3 is 2.75 bits per heavy atom. The topological polar surface area (TPSA) is 46.9 Å². The van der Waals surface area contributed by atoms with Gasteiger partial charge in [0.2, 0.25) is 5.91 Å². The van der Waals surface area contributed by atoms with E-state index in [1.807, 2.05) is 55.8 Å². The van der Waals surface area contributed by atoms with Gasteiger partial charge in [-0.15, -0.1) is 0 Å². The molecule has 0 radical (unpaired) electrons. The number of aromatic nitrogens is 2. The van der Waals surface area contributed by atoms with Crippen molar-refractivity contribution in [2.45, 2.75) is 33.2 Å². The maximum Gasteiger partial charge on any atom is 0.226 e. The number of hydrogen-bond acceptors (Lipinski definition) is 2. The predicted octanol–water partition coefficient (Wildman–Crippen LogP) is 3.85.